The molecule has 0 atom stereocenters. The van der Waals surface area contributed by atoms with Gasteiger partial charge < -0.3 is 15.0 Å². The van der Waals surface area contributed by atoms with Crippen molar-refractivity contribution in [1.29, 1.82) is 0 Å². The Balaban J connectivity index is 1.87. The van der Waals surface area contributed by atoms with Crippen molar-refractivity contribution in [1.82, 2.24) is 10.1 Å². The van der Waals surface area contributed by atoms with Crippen molar-refractivity contribution in [2.45, 2.75) is 62.4 Å². The lowest BCUT2D eigenvalue weighted by Crippen LogP contribution is -2.42. The van der Waals surface area contributed by atoms with Crippen LogP contribution < -0.4 is 5.73 Å². The zero-order chi connectivity index (χ0) is 13.3. The Kier molecular flexibility index (Phi) is 3.35. The van der Waals surface area contributed by atoms with Gasteiger partial charge in [0.1, 0.15) is 5.60 Å². The Morgan fingerprint density at radius 3 is 2.42 bits per heavy atom. The molecule has 106 valence electrons. The maximum absolute atomic E-state index is 5.89. The Labute approximate surface area is 113 Å². The highest BCUT2D eigenvalue weighted by Crippen LogP contribution is 2.44. The van der Waals surface area contributed by atoms with Crippen molar-refractivity contribution in [3.63, 3.8) is 0 Å². The topological polar surface area (TPSA) is 74.2 Å². The van der Waals surface area contributed by atoms with Crippen LogP contribution in [0.5, 0.6) is 0 Å². The highest BCUT2D eigenvalue weighted by Gasteiger charge is 2.45. The third kappa shape index (κ3) is 1.99. The first-order valence-corrected chi connectivity index (χ1v) is 7.35. The van der Waals surface area contributed by atoms with E-state index >= 15 is 0 Å². The third-order valence-corrected chi connectivity index (χ3v) is 5.04. The number of hydrogen-bond acceptors (Lipinski definition) is 5. The monoisotopic (exact) mass is 265 g/mol. The number of hydrogen-bond donors (Lipinski definition) is 1. The van der Waals surface area contributed by atoms with E-state index in [0.717, 1.165) is 37.4 Å². The average Bonchev–Trinajstić information content (AvgIpc) is 2.90. The number of nitrogens with two attached hydrogens (primary N) is 1. The van der Waals surface area contributed by atoms with Gasteiger partial charge in [0.05, 0.1) is 5.41 Å². The molecule has 0 amide bonds. The summed E-state index contributed by atoms with van der Waals surface area (Å²) < 4.78 is 11.3. The van der Waals surface area contributed by atoms with Gasteiger partial charge in [-0.25, -0.2) is 0 Å². The first-order chi connectivity index (χ1) is 9.25. The third-order valence-electron chi connectivity index (χ3n) is 5.04. The zero-order valence-electron chi connectivity index (χ0n) is 11.7. The van der Waals surface area contributed by atoms with Crippen LogP contribution in [0.2, 0.25) is 0 Å². The van der Waals surface area contributed by atoms with Crippen molar-refractivity contribution in [3.05, 3.63) is 11.7 Å². The molecule has 0 aromatic carbocycles. The Hall–Kier alpha value is -0.940. The molecule has 2 fully saturated rings. The highest BCUT2D eigenvalue weighted by molar-refractivity contribution is 5.14. The molecular formula is C14H23N3O2. The van der Waals surface area contributed by atoms with E-state index < -0.39 is 0 Å². The van der Waals surface area contributed by atoms with E-state index in [1.54, 1.807) is 7.11 Å². The Morgan fingerprint density at radius 1 is 1.16 bits per heavy atom. The van der Waals surface area contributed by atoms with E-state index in [0.29, 0.717) is 6.54 Å². The summed E-state index contributed by atoms with van der Waals surface area (Å²) >= 11 is 0. The standard InChI is InChI=1S/C14H23N3O2/c1-18-14(8-3-2-4-9-14)11-16-12(19-17-11)13(10-15)6-5-7-13/h2-10,15H2,1H3. The molecule has 5 heteroatoms. The first-order valence-electron chi connectivity index (χ1n) is 7.35. The molecule has 1 heterocycles. The summed E-state index contributed by atoms with van der Waals surface area (Å²) in [4.78, 5) is 4.66. The van der Waals surface area contributed by atoms with Gasteiger partial charge in [-0.2, -0.15) is 4.98 Å². The molecule has 0 aliphatic heterocycles. The van der Waals surface area contributed by atoms with Crippen LogP contribution >= 0.6 is 0 Å². The molecular weight excluding hydrogens is 242 g/mol. The molecule has 2 N–H and O–H groups in total. The van der Waals surface area contributed by atoms with Crippen LogP contribution in [0, 0.1) is 0 Å². The number of ether oxygens (including phenoxy) is 1. The molecule has 19 heavy (non-hydrogen) atoms. The summed E-state index contributed by atoms with van der Waals surface area (Å²) in [7, 11) is 1.75. The summed E-state index contributed by atoms with van der Waals surface area (Å²) in [5.74, 6) is 1.45. The van der Waals surface area contributed by atoms with Gasteiger partial charge in [-0.15, -0.1) is 0 Å². The molecule has 0 unspecified atom stereocenters. The van der Waals surface area contributed by atoms with Gasteiger partial charge in [0, 0.05) is 13.7 Å². The summed E-state index contributed by atoms with van der Waals surface area (Å²) in [5, 5.41) is 4.21. The second-order valence-electron chi connectivity index (χ2n) is 6.02. The predicted octanol–water partition coefficient (Wildman–Crippen LogP) is 2.26. The second-order valence-corrected chi connectivity index (χ2v) is 6.02. The minimum atomic E-state index is -0.334. The van der Waals surface area contributed by atoms with Crippen molar-refractivity contribution in [2.75, 3.05) is 13.7 Å². The van der Waals surface area contributed by atoms with E-state index in [9.17, 15) is 0 Å². The van der Waals surface area contributed by atoms with Gasteiger partial charge >= 0.3 is 0 Å². The van der Waals surface area contributed by atoms with Crippen LogP contribution in [0.1, 0.15) is 63.1 Å². The van der Waals surface area contributed by atoms with E-state index in [4.69, 9.17) is 15.0 Å². The zero-order valence-corrected chi connectivity index (χ0v) is 11.7. The Bertz CT molecular complexity index is 428. The van der Waals surface area contributed by atoms with Crippen LogP contribution in [0.25, 0.3) is 0 Å². The SMILES string of the molecule is COC1(c2noc(C3(CN)CCC3)n2)CCCCC1. The normalized spacial score (nSPS) is 24.9. The van der Waals surface area contributed by atoms with Crippen LogP contribution in [0.15, 0.2) is 4.52 Å². The maximum Gasteiger partial charge on any atom is 0.234 e. The Morgan fingerprint density at radius 2 is 1.89 bits per heavy atom. The van der Waals surface area contributed by atoms with Crippen molar-refractivity contribution in [2.24, 2.45) is 5.73 Å². The van der Waals surface area contributed by atoms with Crippen LogP contribution in [0.3, 0.4) is 0 Å². The minimum Gasteiger partial charge on any atom is -0.370 e. The minimum absolute atomic E-state index is 0.0607. The molecule has 0 saturated heterocycles. The van der Waals surface area contributed by atoms with E-state index in [1.807, 2.05) is 0 Å². The molecule has 1 aromatic heterocycles. The summed E-state index contributed by atoms with van der Waals surface area (Å²) in [6.07, 6.45) is 8.89. The van der Waals surface area contributed by atoms with Gasteiger partial charge in [0.15, 0.2) is 0 Å². The molecule has 0 radical (unpaired) electrons. The maximum atomic E-state index is 5.89. The quantitative estimate of drug-likeness (QED) is 0.903. The van der Waals surface area contributed by atoms with E-state index in [2.05, 4.69) is 10.1 Å². The van der Waals surface area contributed by atoms with Crippen LogP contribution in [-0.2, 0) is 15.8 Å². The molecule has 3 rings (SSSR count). The molecule has 5 nitrogen and oxygen atoms in total. The van der Waals surface area contributed by atoms with Gasteiger partial charge in [-0.3, -0.25) is 0 Å². The number of nitrogens with zero attached hydrogens (tertiary/aromatic N) is 2. The molecule has 0 spiro atoms. The molecule has 2 saturated carbocycles. The number of methoxy groups -OCH3 is 1. The number of aromatic nitrogens is 2. The lowest BCUT2D eigenvalue weighted by molar-refractivity contribution is -0.0527. The summed E-state index contributed by atoms with van der Waals surface area (Å²) in [6, 6.07) is 0. The van der Waals surface area contributed by atoms with E-state index in [-0.39, 0.29) is 11.0 Å². The molecule has 2 aliphatic rings. The van der Waals surface area contributed by atoms with Crippen molar-refractivity contribution < 1.29 is 9.26 Å². The summed E-state index contributed by atoms with van der Waals surface area (Å²) in [5.41, 5.74) is 5.50. The van der Waals surface area contributed by atoms with Crippen molar-refractivity contribution >= 4 is 0 Å². The highest BCUT2D eigenvalue weighted by atomic mass is 16.5. The predicted molar refractivity (Wildman–Crippen MR) is 70.7 cm³/mol. The lowest BCUT2D eigenvalue weighted by atomic mass is 9.68. The van der Waals surface area contributed by atoms with E-state index in [1.165, 1.54) is 25.7 Å². The fourth-order valence-electron chi connectivity index (χ4n) is 3.37. The van der Waals surface area contributed by atoms with Crippen LogP contribution in [0.4, 0.5) is 0 Å². The largest absolute Gasteiger partial charge is 0.370 e. The smallest absolute Gasteiger partial charge is 0.234 e. The van der Waals surface area contributed by atoms with Crippen LogP contribution in [-0.4, -0.2) is 23.8 Å². The van der Waals surface area contributed by atoms with Crippen molar-refractivity contribution in [3.8, 4) is 0 Å². The fraction of sp³-hybridized carbons (Fsp3) is 0.857. The van der Waals surface area contributed by atoms with Gasteiger partial charge in [-0.05, 0) is 25.7 Å². The molecule has 0 bridgehead atoms. The fourth-order valence-corrected chi connectivity index (χ4v) is 3.37. The van der Waals surface area contributed by atoms with Gasteiger partial charge in [0.25, 0.3) is 0 Å². The average molecular weight is 265 g/mol. The van der Waals surface area contributed by atoms with Gasteiger partial charge in [-0.1, -0.05) is 30.8 Å². The molecule has 1 aromatic rings. The lowest BCUT2D eigenvalue weighted by Gasteiger charge is -2.37. The second kappa shape index (κ2) is 4.87. The first kappa shape index (κ1) is 13.1. The molecule has 2 aliphatic carbocycles. The summed E-state index contributed by atoms with van der Waals surface area (Å²) in [6.45, 7) is 0.592. The number of rotatable bonds is 4. The van der Waals surface area contributed by atoms with Gasteiger partial charge in [0.2, 0.25) is 11.7 Å².